The molecule has 2 atom stereocenters. The van der Waals surface area contributed by atoms with Gasteiger partial charge in [-0.25, -0.2) is 4.31 Å². The van der Waals surface area contributed by atoms with Crippen molar-refractivity contribution in [3.8, 4) is 5.75 Å². The molecule has 1 heterocycles. The maximum Gasteiger partial charge on any atom is 0.307 e. The zero-order valence-corrected chi connectivity index (χ0v) is 17.4. The Kier molecular flexibility index (Phi) is 8.12. The Morgan fingerprint density at radius 1 is 1.38 bits per heavy atom. The number of rotatable bonds is 7. The average molecular weight is 464 g/mol. The number of likely N-dealkylation sites (N-methyl/N-ethyl adjacent to an activating group) is 1. The average Bonchev–Trinajstić information content (AvgIpc) is 2.57. The maximum absolute atomic E-state index is 11.8. The van der Waals surface area contributed by atoms with Crippen LogP contribution in [0.1, 0.15) is 18.9 Å². The van der Waals surface area contributed by atoms with E-state index in [1.807, 2.05) is 19.1 Å². The van der Waals surface area contributed by atoms with Gasteiger partial charge in [-0.05, 0) is 47.2 Å². The summed E-state index contributed by atoms with van der Waals surface area (Å²) in [5.74, 6) is 0.782. The molecule has 24 heavy (non-hydrogen) atoms. The van der Waals surface area contributed by atoms with E-state index < -0.39 is 0 Å². The Balaban J connectivity index is 2.00. The first-order valence-corrected chi connectivity index (χ1v) is 11.4. The molecule has 1 aromatic carbocycles. The predicted octanol–water partition coefficient (Wildman–Crippen LogP) is 3.17. The molecule has 1 fully saturated rings. The van der Waals surface area contributed by atoms with E-state index in [0.717, 1.165) is 25.3 Å². The lowest BCUT2D eigenvalue weighted by Crippen LogP contribution is -2.55. The number of hydrogen-bond acceptors (Lipinski definition) is 6. The van der Waals surface area contributed by atoms with Gasteiger partial charge >= 0.3 is 5.97 Å². The van der Waals surface area contributed by atoms with E-state index in [9.17, 15) is 4.79 Å². The summed E-state index contributed by atoms with van der Waals surface area (Å²) in [6.45, 7) is 4.08. The van der Waals surface area contributed by atoms with Gasteiger partial charge in [-0.2, -0.15) is 0 Å². The molecule has 0 aromatic heterocycles. The van der Waals surface area contributed by atoms with Gasteiger partial charge in [0.25, 0.3) is 0 Å². The van der Waals surface area contributed by atoms with Crippen molar-refractivity contribution in [2.75, 3.05) is 33.9 Å². The highest BCUT2D eigenvalue weighted by Gasteiger charge is 2.33. The fraction of sp³-hybridized carbons (Fsp3) is 0.588. The maximum atomic E-state index is 11.8. The third-order valence-corrected chi connectivity index (χ3v) is 6.46. The first-order chi connectivity index (χ1) is 11.6. The van der Waals surface area contributed by atoms with Gasteiger partial charge in [0.15, 0.2) is 0 Å². The molecule has 5 nitrogen and oxygen atoms in total. The number of carbonyl (C=O) groups is 1. The lowest BCUT2D eigenvalue weighted by Gasteiger charge is -2.43. The van der Waals surface area contributed by atoms with Gasteiger partial charge in [-0.3, -0.25) is 9.69 Å². The van der Waals surface area contributed by atoms with E-state index in [1.54, 1.807) is 16.2 Å². The second-order valence-corrected chi connectivity index (χ2v) is 7.77. The molecule has 1 aliphatic rings. The van der Waals surface area contributed by atoms with Crippen molar-refractivity contribution in [1.29, 1.82) is 0 Å². The first-order valence-electron chi connectivity index (χ1n) is 8.11. The van der Waals surface area contributed by atoms with Crippen molar-refractivity contribution in [2.45, 2.75) is 31.8 Å². The monoisotopic (exact) mass is 464 g/mol. The molecule has 1 aliphatic heterocycles. The Morgan fingerprint density at radius 3 is 2.83 bits per heavy atom. The van der Waals surface area contributed by atoms with Crippen molar-refractivity contribution >= 4 is 36.3 Å². The van der Waals surface area contributed by atoms with Gasteiger partial charge in [-0.1, -0.05) is 12.1 Å². The van der Waals surface area contributed by atoms with E-state index in [0.29, 0.717) is 19.1 Å². The molecular formula is C17H25IN2O3S. The number of hydrogen-bond donors (Lipinski definition) is 0. The van der Waals surface area contributed by atoms with E-state index in [4.69, 9.17) is 9.47 Å². The van der Waals surface area contributed by atoms with Crippen LogP contribution in [0, 0.1) is 0 Å². The highest BCUT2D eigenvalue weighted by Crippen LogP contribution is 2.30. The van der Waals surface area contributed by atoms with E-state index in [1.165, 1.54) is 5.56 Å². The summed E-state index contributed by atoms with van der Waals surface area (Å²) in [5.41, 5.74) is 1.27. The van der Waals surface area contributed by atoms with Gasteiger partial charge in [0.1, 0.15) is 5.75 Å². The van der Waals surface area contributed by atoms with Gasteiger partial charge in [0.2, 0.25) is 0 Å². The molecule has 0 saturated carbocycles. The number of nitrogens with zero attached hydrogens (tertiary/aromatic N) is 2. The summed E-state index contributed by atoms with van der Waals surface area (Å²) < 4.78 is 12.8. The Hall–Kier alpha value is -0.510. The van der Waals surface area contributed by atoms with Crippen molar-refractivity contribution in [1.82, 2.24) is 9.21 Å². The van der Waals surface area contributed by atoms with Gasteiger partial charge in [0.05, 0.1) is 20.1 Å². The quantitative estimate of drug-likeness (QED) is 0.351. The lowest BCUT2D eigenvalue weighted by atomic mass is 10.0. The normalized spacial score (nSPS) is 22.3. The van der Waals surface area contributed by atoms with Crippen LogP contribution < -0.4 is 4.74 Å². The SMILES string of the molecule is CCOC(=O)C[C@H]1CN(SI)[C@@H](Cc2cccc(OC)c2)CN1C. The number of carbonyl (C=O) groups excluding carboxylic acids is 1. The van der Waals surface area contributed by atoms with Gasteiger partial charge in [-0.15, -0.1) is 0 Å². The number of benzene rings is 1. The summed E-state index contributed by atoms with van der Waals surface area (Å²) in [6, 6.07) is 8.85. The highest BCUT2D eigenvalue weighted by molar-refractivity contribution is 14.2. The predicted molar refractivity (Wildman–Crippen MR) is 106 cm³/mol. The second-order valence-electron chi connectivity index (χ2n) is 5.98. The van der Waals surface area contributed by atoms with Crippen LogP contribution in [0.3, 0.4) is 0 Å². The van der Waals surface area contributed by atoms with E-state index >= 15 is 0 Å². The molecule has 0 unspecified atom stereocenters. The van der Waals surface area contributed by atoms with Crippen LogP contribution >= 0.6 is 30.3 Å². The molecule has 2 rings (SSSR count). The smallest absolute Gasteiger partial charge is 0.307 e. The summed E-state index contributed by atoms with van der Waals surface area (Å²) >= 11 is 2.33. The van der Waals surface area contributed by atoms with Crippen LogP contribution in [0.4, 0.5) is 0 Å². The van der Waals surface area contributed by atoms with Crippen LogP contribution in [0.5, 0.6) is 5.75 Å². The van der Waals surface area contributed by atoms with Crippen LogP contribution in [-0.4, -0.2) is 61.1 Å². The molecule has 0 amide bonds. The summed E-state index contributed by atoms with van der Waals surface area (Å²) in [7, 11) is 5.51. The third kappa shape index (κ3) is 5.50. The van der Waals surface area contributed by atoms with Gasteiger partial charge in [0, 0.05) is 46.4 Å². The standard InChI is InChI=1S/C17H25IN2O3S/c1-4-23-17(21)10-14-12-20(24-18)15(11-19(14)2)8-13-6-5-7-16(9-13)22-3/h5-7,9,14-15H,4,8,10-12H2,1-3H3/t14-,15-/m0/s1. The summed E-state index contributed by atoms with van der Waals surface area (Å²) in [6.07, 6.45) is 1.41. The van der Waals surface area contributed by atoms with Crippen molar-refractivity contribution in [2.24, 2.45) is 0 Å². The molecule has 1 aromatic rings. The van der Waals surface area contributed by atoms with Crippen molar-refractivity contribution in [3.05, 3.63) is 29.8 Å². The highest BCUT2D eigenvalue weighted by atomic mass is 127. The summed E-state index contributed by atoms with van der Waals surface area (Å²) in [5, 5.41) is 0. The fourth-order valence-electron chi connectivity index (χ4n) is 3.02. The zero-order chi connectivity index (χ0) is 17.5. The van der Waals surface area contributed by atoms with Crippen molar-refractivity contribution < 1.29 is 14.3 Å². The zero-order valence-electron chi connectivity index (χ0n) is 14.4. The topological polar surface area (TPSA) is 42.0 Å². The van der Waals surface area contributed by atoms with Crippen LogP contribution in [-0.2, 0) is 16.0 Å². The molecule has 0 spiro atoms. The fourth-order valence-corrected chi connectivity index (χ4v) is 4.95. The second kappa shape index (κ2) is 9.84. The largest absolute Gasteiger partial charge is 0.497 e. The van der Waals surface area contributed by atoms with Crippen LogP contribution in [0.15, 0.2) is 24.3 Å². The summed E-state index contributed by atoms with van der Waals surface area (Å²) in [4.78, 5) is 14.1. The Morgan fingerprint density at radius 2 is 2.17 bits per heavy atom. The minimum Gasteiger partial charge on any atom is -0.497 e. The van der Waals surface area contributed by atoms with E-state index in [-0.39, 0.29) is 12.0 Å². The molecule has 134 valence electrons. The minimum absolute atomic E-state index is 0.112. The minimum atomic E-state index is -0.112. The van der Waals surface area contributed by atoms with E-state index in [2.05, 4.69) is 49.6 Å². The molecule has 1 saturated heterocycles. The molecule has 0 aliphatic carbocycles. The Labute approximate surface area is 160 Å². The number of halogens is 1. The molecule has 0 N–H and O–H groups in total. The molecule has 0 bridgehead atoms. The third-order valence-electron chi connectivity index (χ3n) is 4.32. The number of esters is 1. The van der Waals surface area contributed by atoms with Crippen molar-refractivity contribution in [3.63, 3.8) is 0 Å². The Bertz CT molecular complexity index is 546. The van der Waals surface area contributed by atoms with Crippen LogP contribution in [0.25, 0.3) is 0 Å². The lowest BCUT2D eigenvalue weighted by molar-refractivity contribution is -0.145. The molecule has 7 heteroatoms. The molecular weight excluding hydrogens is 439 g/mol. The number of piperazine rings is 1. The first kappa shape index (κ1) is 19.8. The molecule has 0 radical (unpaired) electrons. The number of ether oxygens (including phenoxy) is 2. The number of methoxy groups -OCH3 is 1. The van der Waals surface area contributed by atoms with Crippen LogP contribution in [0.2, 0.25) is 0 Å². The van der Waals surface area contributed by atoms with Gasteiger partial charge < -0.3 is 9.47 Å².